The lowest BCUT2D eigenvalue weighted by Gasteiger charge is -2.10. The second-order valence-electron chi connectivity index (χ2n) is 4.01. The fourth-order valence-electron chi connectivity index (χ4n) is 1.52. The van der Waals surface area contributed by atoms with Gasteiger partial charge in [-0.2, -0.15) is 0 Å². The molecule has 0 amide bonds. The second-order valence-corrected chi connectivity index (χ2v) is 6.88. The topological polar surface area (TPSA) is 59.1 Å². The van der Waals surface area contributed by atoms with Crippen molar-refractivity contribution < 1.29 is 12.8 Å². The fraction of sp³-hybridized carbons (Fsp3) is 0.0833. The standard InChI is InChI=1S/C12H9BrClFN2O2S/c1-7-4-9(6-16-12(7)14)17-20(18,19)11-3-2-8(15)5-10(11)13/h2-6,17H,1H3. The summed E-state index contributed by atoms with van der Waals surface area (Å²) in [4.78, 5) is 3.80. The van der Waals surface area contributed by atoms with E-state index < -0.39 is 15.8 Å². The number of sulfonamides is 1. The monoisotopic (exact) mass is 378 g/mol. The Hall–Kier alpha value is -1.18. The number of nitrogens with one attached hydrogen (secondary N) is 1. The van der Waals surface area contributed by atoms with Gasteiger partial charge in [-0.15, -0.1) is 0 Å². The number of anilines is 1. The minimum atomic E-state index is -3.84. The Labute approximate surface area is 129 Å². The molecule has 0 spiro atoms. The number of aromatic nitrogens is 1. The van der Waals surface area contributed by atoms with E-state index in [0.29, 0.717) is 10.7 Å². The van der Waals surface area contributed by atoms with E-state index in [9.17, 15) is 12.8 Å². The number of hydrogen-bond acceptors (Lipinski definition) is 3. The van der Waals surface area contributed by atoms with Gasteiger partial charge in [0, 0.05) is 4.47 Å². The zero-order chi connectivity index (χ0) is 14.9. The minimum absolute atomic E-state index is 0.0634. The molecule has 4 nitrogen and oxygen atoms in total. The Morgan fingerprint density at radius 1 is 1.35 bits per heavy atom. The van der Waals surface area contributed by atoms with Crippen LogP contribution in [0.25, 0.3) is 0 Å². The smallest absolute Gasteiger partial charge is 0.263 e. The maximum atomic E-state index is 13.0. The first kappa shape index (κ1) is 15.2. The van der Waals surface area contributed by atoms with Crippen LogP contribution >= 0.6 is 27.5 Å². The molecule has 1 aromatic carbocycles. The number of nitrogens with zero attached hydrogens (tertiary/aromatic N) is 1. The predicted molar refractivity (Wildman–Crippen MR) is 78.9 cm³/mol. The van der Waals surface area contributed by atoms with Crippen molar-refractivity contribution >= 4 is 43.2 Å². The molecular weight excluding hydrogens is 371 g/mol. The maximum absolute atomic E-state index is 13.0. The van der Waals surface area contributed by atoms with Crippen LogP contribution in [0.2, 0.25) is 5.15 Å². The summed E-state index contributed by atoms with van der Waals surface area (Å²) in [6, 6.07) is 4.90. The third-order valence-electron chi connectivity index (χ3n) is 2.45. The van der Waals surface area contributed by atoms with Crippen LogP contribution in [0, 0.1) is 12.7 Å². The lowest BCUT2D eigenvalue weighted by molar-refractivity contribution is 0.599. The molecule has 0 fully saturated rings. The molecule has 0 unspecified atom stereocenters. The lowest BCUT2D eigenvalue weighted by Crippen LogP contribution is -2.14. The molecule has 2 aromatic rings. The quantitative estimate of drug-likeness (QED) is 0.826. The largest absolute Gasteiger partial charge is 0.278 e. The third kappa shape index (κ3) is 3.28. The first-order valence-electron chi connectivity index (χ1n) is 5.39. The molecule has 2 rings (SSSR count). The van der Waals surface area contributed by atoms with Gasteiger partial charge in [0.2, 0.25) is 0 Å². The van der Waals surface area contributed by atoms with E-state index in [1.54, 1.807) is 13.0 Å². The Bertz CT molecular complexity index is 768. The highest BCUT2D eigenvalue weighted by Crippen LogP contribution is 2.25. The van der Waals surface area contributed by atoms with E-state index in [-0.39, 0.29) is 15.1 Å². The second kappa shape index (κ2) is 5.67. The van der Waals surface area contributed by atoms with Crippen molar-refractivity contribution in [3.8, 4) is 0 Å². The number of benzene rings is 1. The van der Waals surface area contributed by atoms with Crippen molar-refractivity contribution in [2.45, 2.75) is 11.8 Å². The highest BCUT2D eigenvalue weighted by atomic mass is 79.9. The van der Waals surface area contributed by atoms with Crippen molar-refractivity contribution in [1.82, 2.24) is 4.98 Å². The highest BCUT2D eigenvalue weighted by Gasteiger charge is 2.18. The summed E-state index contributed by atoms with van der Waals surface area (Å²) in [5.74, 6) is -0.528. The summed E-state index contributed by atoms with van der Waals surface area (Å²) in [5, 5.41) is 0.302. The Balaban J connectivity index is 2.38. The Morgan fingerprint density at radius 2 is 2.05 bits per heavy atom. The van der Waals surface area contributed by atoms with Gasteiger partial charge in [0.25, 0.3) is 10.0 Å². The molecular formula is C12H9BrClFN2O2S. The van der Waals surface area contributed by atoms with Crippen LogP contribution in [0.15, 0.2) is 39.8 Å². The SMILES string of the molecule is Cc1cc(NS(=O)(=O)c2ccc(F)cc2Br)cnc1Cl. The van der Waals surface area contributed by atoms with E-state index in [0.717, 1.165) is 12.1 Å². The van der Waals surface area contributed by atoms with Crippen molar-refractivity contribution in [2.24, 2.45) is 0 Å². The van der Waals surface area contributed by atoms with Gasteiger partial charge in [0.05, 0.1) is 11.9 Å². The summed E-state index contributed by atoms with van der Waals surface area (Å²) < 4.78 is 39.9. The molecule has 0 bridgehead atoms. The Morgan fingerprint density at radius 3 is 2.65 bits per heavy atom. The number of pyridine rings is 1. The van der Waals surface area contributed by atoms with Crippen LogP contribution in [0.5, 0.6) is 0 Å². The van der Waals surface area contributed by atoms with Crippen molar-refractivity contribution in [1.29, 1.82) is 0 Å². The summed E-state index contributed by atoms with van der Waals surface area (Å²) in [6.07, 6.45) is 1.31. The molecule has 1 aromatic heterocycles. The molecule has 0 saturated heterocycles. The number of rotatable bonds is 3. The summed E-state index contributed by atoms with van der Waals surface area (Å²) in [7, 11) is -3.84. The van der Waals surface area contributed by atoms with Crippen LogP contribution < -0.4 is 4.72 Å². The van der Waals surface area contributed by atoms with Gasteiger partial charge < -0.3 is 0 Å². The zero-order valence-corrected chi connectivity index (χ0v) is 13.4. The molecule has 1 N–H and O–H groups in total. The maximum Gasteiger partial charge on any atom is 0.263 e. The van der Waals surface area contributed by atoms with Gasteiger partial charge in [0.1, 0.15) is 15.9 Å². The van der Waals surface area contributed by atoms with E-state index >= 15 is 0 Å². The van der Waals surface area contributed by atoms with Crippen LogP contribution in [0.4, 0.5) is 10.1 Å². The van der Waals surface area contributed by atoms with Gasteiger partial charge in [-0.25, -0.2) is 17.8 Å². The van der Waals surface area contributed by atoms with Gasteiger partial charge in [-0.05, 0) is 52.7 Å². The Kier molecular flexibility index (Phi) is 4.31. The van der Waals surface area contributed by atoms with Gasteiger partial charge >= 0.3 is 0 Å². The molecule has 106 valence electrons. The first-order chi connectivity index (χ1) is 9.29. The van der Waals surface area contributed by atoms with Crippen LogP contribution in [-0.2, 0) is 10.0 Å². The van der Waals surface area contributed by atoms with Crippen molar-refractivity contribution in [2.75, 3.05) is 4.72 Å². The molecule has 0 atom stereocenters. The average molecular weight is 380 g/mol. The predicted octanol–water partition coefficient (Wildman–Crippen LogP) is 3.75. The van der Waals surface area contributed by atoms with E-state index in [2.05, 4.69) is 25.6 Å². The first-order valence-corrected chi connectivity index (χ1v) is 8.05. The summed E-state index contributed by atoms with van der Waals surface area (Å²) in [6.45, 7) is 1.71. The van der Waals surface area contributed by atoms with Crippen LogP contribution in [0.3, 0.4) is 0 Å². The van der Waals surface area contributed by atoms with E-state index in [1.165, 1.54) is 12.3 Å². The number of halogens is 3. The van der Waals surface area contributed by atoms with Crippen molar-refractivity contribution in [3.05, 3.63) is 51.5 Å². The molecule has 8 heteroatoms. The zero-order valence-electron chi connectivity index (χ0n) is 10.2. The number of hydrogen-bond donors (Lipinski definition) is 1. The average Bonchev–Trinajstić information content (AvgIpc) is 2.33. The minimum Gasteiger partial charge on any atom is -0.278 e. The number of aryl methyl sites for hydroxylation is 1. The third-order valence-corrected chi connectivity index (χ3v) is 5.20. The van der Waals surface area contributed by atoms with Crippen molar-refractivity contribution in [3.63, 3.8) is 0 Å². The van der Waals surface area contributed by atoms with Crippen LogP contribution in [0.1, 0.15) is 5.56 Å². The lowest BCUT2D eigenvalue weighted by atomic mass is 10.3. The van der Waals surface area contributed by atoms with E-state index in [1.807, 2.05) is 0 Å². The van der Waals surface area contributed by atoms with Gasteiger partial charge in [-0.3, -0.25) is 4.72 Å². The van der Waals surface area contributed by atoms with Gasteiger partial charge in [0.15, 0.2) is 0 Å². The van der Waals surface area contributed by atoms with Crippen LogP contribution in [-0.4, -0.2) is 13.4 Å². The fourth-order valence-corrected chi connectivity index (χ4v) is 3.71. The summed E-state index contributed by atoms with van der Waals surface area (Å²) in [5.41, 5.74) is 0.924. The molecule has 0 radical (unpaired) electrons. The normalized spacial score (nSPS) is 11.4. The van der Waals surface area contributed by atoms with E-state index in [4.69, 9.17) is 11.6 Å². The molecule has 1 heterocycles. The molecule has 0 aliphatic heterocycles. The highest BCUT2D eigenvalue weighted by molar-refractivity contribution is 9.10. The summed E-state index contributed by atoms with van der Waals surface area (Å²) >= 11 is 8.80. The van der Waals surface area contributed by atoms with Gasteiger partial charge in [-0.1, -0.05) is 11.6 Å². The molecule has 0 aliphatic carbocycles. The molecule has 0 aliphatic rings. The molecule has 0 saturated carbocycles. The molecule has 20 heavy (non-hydrogen) atoms.